The zero-order chi connectivity index (χ0) is 18.5. The van der Waals surface area contributed by atoms with E-state index >= 15 is 0 Å². The predicted molar refractivity (Wildman–Crippen MR) is 121 cm³/mol. The van der Waals surface area contributed by atoms with Gasteiger partial charge >= 0.3 is 0 Å². The van der Waals surface area contributed by atoms with Crippen LogP contribution >= 0.6 is 35.6 Å². The fourth-order valence-corrected chi connectivity index (χ4v) is 3.41. The van der Waals surface area contributed by atoms with Crippen molar-refractivity contribution >= 4 is 47.2 Å². The van der Waals surface area contributed by atoms with Gasteiger partial charge in [-0.1, -0.05) is 17.7 Å². The minimum Gasteiger partial charge on any atom is -0.371 e. The lowest BCUT2D eigenvalue weighted by Gasteiger charge is -2.21. The first-order chi connectivity index (χ1) is 12.6. The zero-order valence-electron chi connectivity index (χ0n) is 15.9. The zero-order valence-corrected chi connectivity index (χ0v) is 19.0. The number of halogens is 2. The fraction of sp³-hybridized carbons (Fsp3) is 0.500. The second-order valence-corrected chi connectivity index (χ2v) is 7.07. The molecule has 2 N–H and O–H groups in total. The van der Waals surface area contributed by atoms with Gasteiger partial charge in [-0.3, -0.25) is 9.67 Å². The monoisotopic (exact) mass is 503 g/mol. The van der Waals surface area contributed by atoms with Gasteiger partial charge in [0.2, 0.25) is 0 Å². The minimum absolute atomic E-state index is 0. The van der Waals surface area contributed by atoms with Gasteiger partial charge < -0.3 is 15.5 Å². The molecule has 1 aromatic carbocycles. The lowest BCUT2D eigenvalue weighted by molar-refractivity contribution is 0.564. The average Bonchev–Trinajstić information content (AvgIpc) is 3.26. The fourth-order valence-electron chi connectivity index (χ4n) is 3.25. The summed E-state index contributed by atoms with van der Waals surface area (Å²) in [5, 5.41) is 11.6. The van der Waals surface area contributed by atoms with Crippen LogP contribution in [0.15, 0.2) is 29.5 Å². The van der Waals surface area contributed by atoms with Gasteiger partial charge in [0.25, 0.3) is 0 Å². The minimum atomic E-state index is 0. The number of rotatable bonds is 5. The third-order valence-corrected chi connectivity index (χ3v) is 5.03. The summed E-state index contributed by atoms with van der Waals surface area (Å²) in [5.41, 5.74) is 2.51. The van der Waals surface area contributed by atoms with E-state index in [2.05, 4.69) is 49.7 Å². The van der Waals surface area contributed by atoms with Gasteiger partial charge in [-0.2, -0.15) is 5.10 Å². The molecule has 1 unspecified atom stereocenters. The molecule has 1 saturated heterocycles. The van der Waals surface area contributed by atoms with Crippen LogP contribution in [0.5, 0.6) is 0 Å². The lowest BCUT2D eigenvalue weighted by atomic mass is 10.1. The molecule has 1 atom stereocenters. The normalized spacial score (nSPS) is 17.0. The van der Waals surface area contributed by atoms with Crippen molar-refractivity contribution in [2.45, 2.75) is 19.9 Å². The number of hydrogen-bond donors (Lipinski definition) is 2. The first-order valence-electron chi connectivity index (χ1n) is 8.85. The van der Waals surface area contributed by atoms with E-state index in [1.807, 2.05) is 13.1 Å². The summed E-state index contributed by atoms with van der Waals surface area (Å²) in [6.45, 7) is 5.69. The number of hydrogen-bond acceptors (Lipinski definition) is 4. The van der Waals surface area contributed by atoms with E-state index in [0.29, 0.717) is 12.5 Å². The highest BCUT2D eigenvalue weighted by atomic mass is 127. The molecule has 148 valence electrons. The number of aliphatic imine (C=N–C) groups is 1. The Morgan fingerprint density at radius 1 is 1.37 bits per heavy atom. The number of aryl methyl sites for hydroxylation is 2. The van der Waals surface area contributed by atoms with Gasteiger partial charge in [0, 0.05) is 44.4 Å². The Hall–Kier alpha value is -1.55. The topological polar surface area (TPSA) is 70.4 Å². The van der Waals surface area contributed by atoms with Crippen molar-refractivity contribution in [3.8, 4) is 0 Å². The number of benzene rings is 1. The van der Waals surface area contributed by atoms with E-state index in [0.717, 1.165) is 42.9 Å². The third kappa shape index (κ3) is 5.71. The number of aromatic nitrogens is 3. The van der Waals surface area contributed by atoms with Crippen molar-refractivity contribution in [2.24, 2.45) is 18.0 Å². The van der Waals surface area contributed by atoms with E-state index in [-0.39, 0.29) is 24.0 Å². The van der Waals surface area contributed by atoms with E-state index in [4.69, 9.17) is 11.6 Å². The number of guanidine groups is 1. The summed E-state index contributed by atoms with van der Waals surface area (Å²) in [6, 6.07) is 6.10. The SMILES string of the molecule is CN=C(NCc1ncnn1C)NCC1CCN(c2cc(Cl)ccc2C)C1.I. The van der Waals surface area contributed by atoms with Crippen LogP contribution in [0.1, 0.15) is 17.8 Å². The van der Waals surface area contributed by atoms with E-state index < -0.39 is 0 Å². The maximum Gasteiger partial charge on any atom is 0.191 e. The molecule has 1 fully saturated rings. The molecule has 0 saturated carbocycles. The number of nitrogens with one attached hydrogen (secondary N) is 2. The first-order valence-corrected chi connectivity index (χ1v) is 9.23. The van der Waals surface area contributed by atoms with Gasteiger partial charge in [-0.25, -0.2) is 4.98 Å². The molecule has 0 radical (unpaired) electrons. The van der Waals surface area contributed by atoms with Crippen LogP contribution in [-0.4, -0.2) is 47.4 Å². The average molecular weight is 504 g/mol. The molecular weight excluding hydrogens is 477 g/mol. The standard InChI is InChI=1S/C18H26ClN7.HI/c1-13-4-5-15(19)8-16(13)26-7-6-14(11-26)9-21-18(20-2)22-10-17-23-12-24-25(17)3;/h4-5,8,12,14H,6-7,9-11H2,1-3H3,(H2,20,21,22);1H. The summed E-state index contributed by atoms with van der Waals surface area (Å²) < 4.78 is 1.75. The van der Waals surface area contributed by atoms with E-state index in [1.165, 1.54) is 11.3 Å². The molecule has 1 aromatic heterocycles. The maximum atomic E-state index is 6.17. The molecule has 0 bridgehead atoms. The Morgan fingerprint density at radius 3 is 2.89 bits per heavy atom. The number of anilines is 1. The summed E-state index contributed by atoms with van der Waals surface area (Å²) in [6.07, 6.45) is 2.71. The molecule has 1 aliphatic heterocycles. The Morgan fingerprint density at radius 2 is 2.19 bits per heavy atom. The molecular formula is C18H27ClIN7. The highest BCUT2D eigenvalue weighted by Crippen LogP contribution is 2.29. The summed E-state index contributed by atoms with van der Waals surface area (Å²) >= 11 is 6.17. The smallest absolute Gasteiger partial charge is 0.191 e. The van der Waals surface area contributed by atoms with Crippen LogP contribution < -0.4 is 15.5 Å². The molecule has 2 heterocycles. The number of nitrogens with zero attached hydrogens (tertiary/aromatic N) is 5. The molecule has 3 rings (SSSR count). The Balaban J connectivity index is 0.00000261. The molecule has 27 heavy (non-hydrogen) atoms. The van der Waals surface area contributed by atoms with Crippen LogP contribution in [0.2, 0.25) is 5.02 Å². The summed E-state index contributed by atoms with van der Waals surface area (Å²) in [5.74, 6) is 2.23. The summed E-state index contributed by atoms with van der Waals surface area (Å²) in [4.78, 5) is 10.9. The van der Waals surface area contributed by atoms with Crippen molar-refractivity contribution in [1.82, 2.24) is 25.4 Å². The Labute approximate surface area is 182 Å². The van der Waals surface area contributed by atoms with Crippen molar-refractivity contribution in [2.75, 3.05) is 31.6 Å². The highest BCUT2D eigenvalue weighted by Gasteiger charge is 2.24. The van der Waals surface area contributed by atoms with Gasteiger partial charge in [0.1, 0.15) is 12.2 Å². The molecule has 1 aliphatic rings. The van der Waals surface area contributed by atoms with Crippen LogP contribution in [0, 0.1) is 12.8 Å². The van der Waals surface area contributed by atoms with E-state index in [1.54, 1.807) is 18.1 Å². The lowest BCUT2D eigenvalue weighted by Crippen LogP contribution is -2.40. The first kappa shape index (κ1) is 21.7. The van der Waals surface area contributed by atoms with Crippen LogP contribution in [0.4, 0.5) is 5.69 Å². The predicted octanol–water partition coefficient (Wildman–Crippen LogP) is 2.59. The van der Waals surface area contributed by atoms with Crippen LogP contribution in [0.3, 0.4) is 0 Å². The molecule has 9 heteroatoms. The molecule has 0 amide bonds. The van der Waals surface area contributed by atoms with Crippen molar-refractivity contribution < 1.29 is 0 Å². The molecule has 7 nitrogen and oxygen atoms in total. The molecule has 2 aromatic rings. The van der Waals surface area contributed by atoms with Gasteiger partial charge in [0.15, 0.2) is 5.96 Å². The molecule has 0 spiro atoms. The summed E-state index contributed by atoms with van der Waals surface area (Å²) in [7, 11) is 3.66. The van der Waals surface area contributed by atoms with Crippen LogP contribution in [-0.2, 0) is 13.6 Å². The van der Waals surface area contributed by atoms with Crippen molar-refractivity contribution in [3.63, 3.8) is 0 Å². The quantitative estimate of drug-likeness (QED) is 0.373. The maximum absolute atomic E-state index is 6.17. The van der Waals surface area contributed by atoms with Crippen molar-refractivity contribution in [3.05, 3.63) is 40.9 Å². The Bertz CT molecular complexity index is 777. The van der Waals surface area contributed by atoms with E-state index in [9.17, 15) is 0 Å². The molecule has 0 aliphatic carbocycles. The highest BCUT2D eigenvalue weighted by molar-refractivity contribution is 14.0. The third-order valence-electron chi connectivity index (χ3n) is 4.80. The van der Waals surface area contributed by atoms with Gasteiger partial charge in [0.05, 0.1) is 6.54 Å². The van der Waals surface area contributed by atoms with Gasteiger partial charge in [-0.05, 0) is 37.0 Å². The second kappa shape index (κ2) is 10.1. The van der Waals surface area contributed by atoms with Crippen LogP contribution in [0.25, 0.3) is 0 Å². The van der Waals surface area contributed by atoms with Crippen molar-refractivity contribution in [1.29, 1.82) is 0 Å². The second-order valence-electron chi connectivity index (χ2n) is 6.64. The van der Waals surface area contributed by atoms with Gasteiger partial charge in [-0.15, -0.1) is 24.0 Å². The largest absolute Gasteiger partial charge is 0.371 e. The Kier molecular flexibility index (Phi) is 8.15.